The molecule has 0 amide bonds. The minimum Gasteiger partial charge on any atom is -0.381 e. The van der Waals surface area contributed by atoms with Crippen molar-refractivity contribution in [3.8, 4) is 0 Å². The second-order valence-electron chi connectivity index (χ2n) is 4.36. The third kappa shape index (κ3) is 3.77. The summed E-state index contributed by atoms with van der Waals surface area (Å²) >= 11 is 0. The average molecular weight is 192 g/mol. The number of nitrogens with one attached hydrogen (secondary N) is 1. The van der Waals surface area contributed by atoms with E-state index in [0.717, 1.165) is 17.3 Å². The van der Waals surface area contributed by atoms with Crippen LogP contribution in [0, 0.1) is 12.8 Å². The Balaban J connectivity index is 2.47. The molecule has 0 spiro atoms. The average Bonchev–Trinajstić information content (AvgIpc) is 2.07. The SMILES string of the molecule is Cc1ccc(NC(C)CC(C)C)cn1. The van der Waals surface area contributed by atoms with Gasteiger partial charge in [-0.2, -0.15) is 0 Å². The predicted octanol–water partition coefficient (Wildman–Crippen LogP) is 3.24. The Morgan fingerprint density at radius 1 is 1.29 bits per heavy atom. The van der Waals surface area contributed by atoms with Gasteiger partial charge in [0, 0.05) is 11.7 Å². The van der Waals surface area contributed by atoms with Crippen LogP contribution < -0.4 is 5.32 Å². The lowest BCUT2D eigenvalue weighted by Gasteiger charge is -2.16. The largest absolute Gasteiger partial charge is 0.381 e. The van der Waals surface area contributed by atoms with Crippen LogP contribution in [0.4, 0.5) is 5.69 Å². The van der Waals surface area contributed by atoms with Crippen molar-refractivity contribution in [2.45, 2.75) is 40.2 Å². The van der Waals surface area contributed by atoms with Crippen LogP contribution in [-0.2, 0) is 0 Å². The quantitative estimate of drug-likeness (QED) is 0.792. The molecule has 1 rings (SSSR count). The molecule has 1 atom stereocenters. The van der Waals surface area contributed by atoms with Gasteiger partial charge in [0.15, 0.2) is 0 Å². The molecule has 2 heteroatoms. The molecule has 0 bridgehead atoms. The smallest absolute Gasteiger partial charge is 0.0528 e. The number of nitrogens with zero attached hydrogens (tertiary/aromatic N) is 1. The number of aromatic nitrogens is 1. The van der Waals surface area contributed by atoms with Crippen LogP contribution in [0.15, 0.2) is 18.3 Å². The van der Waals surface area contributed by atoms with Crippen molar-refractivity contribution in [1.29, 1.82) is 0 Å². The lowest BCUT2D eigenvalue weighted by Crippen LogP contribution is -2.17. The topological polar surface area (TPSA) is 24.9 Å². The summed E-state index contributed by atoms with van der Waals surface area (Å²) < 4.78 is 0. The van der Waals surface area contributed by atoms with Gasteiger partial charge < -0.3 is 5.32 Å². The molecule has 1 aromatic heterocycles. The van der Waals surface area contributed by atoms with Gasteiger partial charge in [-0.1, -0.05) is 13.8 Å². The van der Waals surface area contributed by atoms with E-state index in [-0.39, 0.29) is 0 Å². The molecule has 14 heavy (non-hydrogen) atoms. The minimum atomic E-state index is 0.513. The van der Waals surface area contributed by atoms with Gasteiger partial charge in [0.25, 0.3) is 0 Å². The summed E-state index contributed by atoms with van der Waals surface area (Å²) in [5.41, 5.74) is 2.18. The number of hydrogen-bond donors (Lipinski definition) is 1. The van der Waals surface area contributed by atoms with Crippen LogP contribution in [0.5, 0.6) is 0 Å². The number of hydrogen-bond acceptors (Lipinski definition) is 2. The highest BCUT2D eigenvalue weighted by Gasteiger charge is 2.04. The van der Waals surface area contributed by atoms with Crippen molar-refractivity contribution in [3.63, 3.8) is 0 Å². The zero-order chi connectivity index (χ0) is 10.6. The Hall–Kier alpha value is -1.05. The summed E-state index contributed by atoms with van der Waals surface area (Å²) in [7, 11) is 0. The summed E-state index contributed by atoms with van der Waals surface area (Å²) in [6, 6.07) is 4.63. The van der Waals surface area contributed by atoms with Crippen molar-refractivity contribution in [2.75, 3.05) is 5.32 Å². The molecule has 1 heterocycles. The van der Waals surface area contributed by atoms with Crippen molar-refractivity contribution in [3.05, 3.63) is 24.0 Å². The Morgan fingerprint density at radius 2 is 2.00 bits per heavy atom. The molecule has 0 aliphatic heterocycles. The van der Waals surface area contributed by atoms with Gasteiger partial charge in [0.1, 0.15) is 0 Å². The molecule has 0 saturated heterocycles. The molecule has 0 aromatic carbocycles. The molecule has 0 saturated carbocycles. The molecule has 1 N–H and O–H groups in total. The zero-order valence-corrected chi connectivity index (χ0v) is 9.54. The van der Waals surface area contributed by atoms with E-state index in [1.807, 2.05) is 19.2 Å². The predicted molar refractivity (Wildman–Crippen MR) is 61.5 cm³/mol. The van der Waals surface area contributed by atoms with Crippen molar-refractivity contribution in [2.24, 2.45) is 5.92 Å². The number of rotatable bonds is 4. The fourth-order valence-electron chi connectivity index (χ4n) is 1.60. The lowest BCUT2D eigenvalue weighted by molar-refractivity contribution is 0.539. The van der Waals surface area contributed by atoms with Crippen LogP contribution in [0.2, 0.25) is 0 Å². The Kier molecular flexibility index (Phi) is 3.93. The molecule has 78 valence electrons. The van der Waals surface area contributed by atoms with Crippen LogP contribution >= 0.6 is 0 Å². The fourth-order valence-corrected chi connectivity index (χ4v) is 1.60. The van der Waals surface area contributed by atoms with Crippen molar-refractivity contribution < 1.29 is 0 Å². The molecule has 1 aromatic rings. The van der Waals surface area contributed by atoms with E-state index in [0.29, 0.717) is 6.04 Å². The number of pyridine rings is 1. The first-order valence-electron chi connectivity index (χ1n) is 5.27. The molecule has 1 unspecified atom stereocenters. The Morgan fingerprint density at radius 3 is 2.50 bits per heavy atom. The zero-order valence-electron chi connectivity index (χ0n) is 9.54. The van der Waals surface area contributed by atoms with Crippen LogP contribution in [0.25, 0.3) is 0 Å². The van der Waals surface area contributed by atoms with Crippen LogP contribution in [0.3, 0.4) is 0 Å². The monoisotopic (exact) mass is 192 g/mol. The maximum atomic E-state index is 4.25. The maximum Gasteiger partial charge on any atom is 0.0528 e. The van der Waals surface area contributed by atoms with Crippen LogP contribution in [0.1, 0.15) is 32.9 Å². The summed E-state index contributed by atoms with van der Waals surface area (Å²) in [5, 5.41) is 3.44. The first-order valence-corrected chi connectivity index (χ1v) is 5.27. The van der Waals surface area contributed by atoms with E-state index >= 15 is 0 Å². The van der Waals surface area contributed by atoms with Gasteiger partial charge in [-0.25, -0.2) is 0 Å². The molecule has 0 aliphatic rings. The van der Waals surface area contributed by atoms with Gasteiger partial charge >= 0.3 is 0 Å². The Labute approximate surface area is 86.8 Å². The van der Waals surface area contributed by atoms with E-state index < -0.39 is 0 Å². The van der Waals surface area contributed by atoms with Gasteiger partial charge in [-0.3, -0.25) is 4.98 Å². The van der Waals surface area contributed by atoms with E-state index in [4.69, 9.17) is 0 Å². The highest BCUT2D eigenvalue weighted by atomic mass is 14.9. The summed E-state index contributed by atoms with van der Waals surface area (Å²) in [5.74, 6) is 0.732. The van der Waals surface area contributed by atoms with E-state index in [2.05, 4.69) is 37.1 Å². The third-order valence-corrected chi connectivity index (χ3v) is 2.15. The number of aryl methyl sites for hydroxylation is 1. The van der Waals surface area contributed by atoms with Crippen LogP contribution in [-0.4, -0.2) is 11.0 Å². The fraction of sp³-hybridized carbons (Fsp3) is 0.583. The molecule has 0 aliphatic carbocycles. The summed E-state index contributed by atoms with van der Waals surface area (Å²) in [6.45, 7) is 8.69. The van der Waals surface area contributed by atoms with E-state index in [1.165, 1.54) is 6.42 Å². The lowest BCUT2D eigenvalue weighted by atomic mass is 10.1. The standard InChI is InChI=1S/C12H20N2/c1-9(2)7-11(4)14-12-6-5-10(3)13-8-12/h5-6,8-9,11,14H,7H2,1-4H3. The Bertz CT molecular complexity index is 264. The van der Waals surface area contributed by atoms with E-state index in [1.54, 1.807) is 0 Å². The normalized spacial score (nSPS) is 12.9. The minimum absolute atomic E-state index is 0.513. The van der Waals surface area contributed by atoms with Gasteiger partial charge in [0.05, 0.1) is 11.9 Å². The second kappa shape index (κ2) is 4.99. The summed E-state index contributed by atoms with van der Waals surface area (Å²) in [6.07, 6.45) is 3.08. The maximum absolute atomic E-state index is 4.25. The molecular formula is C12H20N2. The van der Waals surface area contributed by atoms with Crippen molar-refractivity contribution >= 4 is 5.69 Å². The van der Waals surface area contributed by atoms with Gasteiger partial charge in [-0.05, 0) is 38.3 Å². The molecular weight excluding hydrogens is 172 g/mol. The molecule has 0 fully saturated rings. The molecule has 0 radical (unpaired) electrons. The summed E-state index contributed by atoms with van der Waals surface area (Å²) in [4.78, 5) is 4.25. The highest BCUT2D eigenvalue weighted by molar-refractivity contribution is 5.41. The van der Waals surface area contributed by atoms with E-state index in [9.17, 15) is 0 Å². The third-order valence-electron chi connectivity index (χ3n) is 2.15. The van der Waals surface area contributed by atoms with Crippen molar-refractivity contribution in [1.82, 2.24) is 4.98 Å². The number of anilines is 1. The first-order chi connectivity index (χ1) is 6.58. The molecule has 2 nitrogen and oxygen atoms in total. The first kappa shape index (κ1) is 11.0. The second-order valence-corrected chi connectivity index (χ2v) is 4.36. The van der Waals surface area contributed by atoms with Gasteiger partial charge in [-0.15, -0.1) is 0 Å². The highest BCUT2D eigenvalue weighted by Crippen LogP contribution is 2.11. The van der Waals surface area contributed by atoms with Gasteiger partial charge in [0.2, 0.25) is 0 Å².